The van der Waals surface area contributed by atoms with Crippen LogP contribution in [-0.4, -0.2) is 30.9 Å². The maximum absolute atomic E-state index is 3.79. The minimum atomic E-state index is -1.36. The van der Waals surface area contributed by atoms with E-state index in [9.17, 15) is 0 Å². The van der Waals surface area contributed by atoms with E-state index in [0.29, 0.717) is 10.3 Å². The van der Waals surface area contributed by atoms with E-state index >= 15 is 0 Å². The molecule has 4 heteroatoms. The van der Waals surface area contributed by atoms with Crippen molar-refractivity contribution in [3.8, 4) is 0 Å². The molecule has 0 aromatic heterocycles. The fourth-order valence-electron chi connectivity index (χ4n) is 4.26. The molecule has 0 bridgehead atoms. The van der Waals surface area contributed by atoms with Gasteiger partial charge in [-0.05, 0) is 59.7 Å². The van der Waals surface area contributed by atoms with Crippen molar-refractivity contribution >= 4 is 40.4 Å². The van der Waals surface area contributed by atoms with Gasteiger partial charge >= 0.3 is 0 Å². The summed E-state index contributed by atoms with van der Waals surface area (Å²) in [6.45, 7) is 21.7. The molecular formula is C26H43NP2Si. The molecule has 2 rings (SSSR count). The normalized spacial score (nSPS) is 14.1. The van der Waals surface area contributed by atoms with Gasteiger partial charge in [-0.1, -0.05) is 112 Å². The second-order valence-corrected chi connectivity index (χ2v) is 22.3. The molecule has 30 heavy (non-hydrogen) atoms. The molecule has 0 fully saturated rings. The van der Waals surface area contributed by atoms with E-state index in [1.54, 1.807) is 0 Å². The first kappa shape index (κ1) is 25.6. The molecule has 0 spiro atoms. The molecule has 166 valence electrons. The topological polar surface area (TPSA) is 12.0 Å². The quantitative estimate of drug-likeness (QED) is 0.313. The van der Waals surface area contributed by atoms with Gasteiger partial charge in [-0.25, -0.2) is 0 Å². The highest BCUT2D eigenvalue weighted by Crippen LogP contribution is 2.59. The van der Waals surface area contributed by atoms with E-state index in [1.807, 2.05) is 0 Å². The Morgan fingerprint density at radius 2 is 1.30 bits per heavy atom. The van der Waals surface area contributed by atoms with Gasteiger partial charge in [0.2, 0.25) is 0 Å². The summed E-state index contributed by atoms with van der Waals surface area (Å²) >= 11 is 0. The molecule has 0 aliphatic heterocycles. The Hall–Kier alpha value is -0.683. The van der Waals surface area contributed by atoms with Crippen molar-refractivity contribution in [3.05, 3.63) is 54.6 Å². The number of rotatable bonds is 8. The molecule has 0 saturated heterocycles. The van der Waals surface area contributed by atoms with Gasteiger partial charge < -0.3 is 4.98 Å². The summed E-state index contributed by atoms with van der Waals surface area (Å²) in [7, 11) is -1.72. The number of anilines is 1. The molecular weight excluding hydrogens is 416 g/mol. The number of hydrogen-bond donors (Lipinski definition) is 1. The third-order valence-electron chi connectivity index (χ3n) is 5.13. The highest BCUT2D eigenvalue weighted by molar-refractivity contribution is 7.73. The maximum atomic E-state index is 3.79. The van der Waals surface area contributed by atoms with Crippen molar-refractivity contribution in [2.75, 3.05) is 17.3 Å². The van der Waals surface area contributed by atoms with Crippen LogP contribution in [0.4, 0.5) is 5.69 Å². The van der Waals surface area contributed by atoms with Crippen LogP contribution in [0.2, 0.25) is 19.6 Å². The van der Waals surface area contributed by atoms with E-state index in [-0.39, 0.29) is 15.8 Å². The standard InChI is InChI=1S/C26H43NP2Si/c1-25(2,3)29(26(4,5)6)20-14-19-28(23-16-11-10-12-17-23)24-18-13-15-22(21-24)27-30(7,8)9/h10-13,15-18,21,27H,14,19-20H2,1-9H3. The van der Waals surface area contributed by atoms with E-state index in [4.69, 9.17) is 0 Å². The Morgan fingerprint density at radius 1 is 0.733 bits per heavy atom. The lowest BCUT2D eigenvalue weighted by atomic mass is 10.2. The Labute approximate surface area is 190 Å². The van der Waals surface area contributed by atoms with Crippen LogP contribution in [0.3, 0.4) is 0 Å². The average Bonchev–Trinajstić information content (AvgIpc) is 2.59. The first-order valence-corrected chi connectivity index (χ1v) is 17.8. The first-order valence-electron chi connectivity index (χ1n) is 11.3. The van der Waals surface area contributed by atoms with Gasteiger partial charge in [-0.3, -0.25) is 0 Å². The number of benzene rings is 2. The fourth-order valence-corrected chi connectivity index (χ4v) is 11.7. The van der Waals surface area contributed by atoms with E-state index < -0.39 is 8.24 Å². The van der Waals surface area contributed by atoms with Crippen LogP contribution < -0.4 is 15.6 Å². The largest absolute Gasteiger partial charge is 0.411 e. The molecule has 0 radical (unpaired) electrons. The van der Waals surface area contributed by atoms with Crippen LogP contribution in [0.1, 0.15) is 48.0 Å². The van der Waals surface area contributed by atoms with Crippen molar-refractivity contribution in [1.29, 1.82) is 0 Å². The zero-order chi connectivity index (χ0) is 22.6. The smallest absolute Gasteiger partial charge is 0.144 e. The third-order valence-corrected chi connectivity index (χ3v) is 12.8. The molecule has 0 amide bonds. The molecule has 0 aliphatic carbocycles. The summed E-state index contributed by atoms with van der Waals surface area (Å²) in [5, 5.41) is 3.83. The molecule has 0 aliphatic rings. The summed E-state index contributed by atoms with van der Waals surface area (Å²) in [4.78, 5) is 3.79. The summed E-state index contributed by atoms with van der Waals surface area (Å²) in [5.74, 6) is 0. The van der Waals surface area contributed by atoms with Gasteiger partial charge in [0.25, 0.3) is 0 Å². The van der Waals surface area contributed by atoms with Gasteiger partial charge in [0.05, 0.1) is 0 Å². The lowest BCUT2D eigenvalue weighted by Crippen LogP contribution is -2.32. The minimum Gasteiger partial charge on any atom is -0.411 e. The van der Waals surface area contributed by atoms with Crippen molar-refractivity contribution in [2.24, 2.45) is 0 Å². The second kappa shape index (κ2) is 10.3. The van der Waals surface area contributed by atoms with Gasteiger partial charge in [0.1, 0.15) is 8.24 Å². The summed E-state index contributed by atoms with van der Waals surface area (Å²) < 4.78 is 0. The zero-order valence-corrected chi connectivity index (χ0v) is 23.5. The fraction of sp³-hybridized carbons (Fsp3) is 0.538. The van der Waals surface area contributed by atoms with E-state index in [0.717, 1.165) is 0 Å². The first-order chi connectivity index (χ1) is 13.8. The Kier molecular flexibility index (Phi) is 8.77. The molecule has 1 atom stereocenters. The van der Waals surface area contributed by atoms with Crippen LogP contribution in [0, 0.1) is 0 Å². The summed E-state index contributed by atoms with van der Waals surface area (Å²) in [5.41, 5.74) is 1.29. The third kappa shape index (κ3) is 8.10. The van der Waals surface area contributed by atoms with Crippen LogP contribution in [0.25, 0.3) is 0 Å². The maximum Gasteiger partial charge on any atom is 0.144 e. The predicted octanol–water partition coefficient (Wildman–Crippen LogP) is 7.84. The molecule has 0 heterocycles. The van der Waals surface area contributed by atoms with Crippen molar-refractivity contribution in [3.63, 3.8) is 0 Å². The van der Waals surface area contributed by atoms with Crippen molar-refractivity contribution in [1.82, 2.24) is 0 Å². The van der Waals surface area contributed by atoms with Gasteiger partial charge in [-0.15, -0.1) is 0 Å². The molecule has 1 N–H and O–H groups in total. The Bertz CT molecular complexity index is 771. The average molecular weight is 460 g/mol. The van der Waals surface area contributed by atoms with Crippen LogP contribution in [0.5, 0.6) is 0 Å². The molecule has 2 aromatic rings. The van der Waals surface area contributed by atoms with Crippen LogP contribution in [0.15, 0.2) is 54.6 Å². The Morgan fingerprint density at radius 3 is 1.83 bits per heavy atom. The number of hydrogen-bond acceptors (Lipinski definition) is 1. The predicted molar refractivity (Wildman–Crippen MR) is 147 cm³/mol. The van der Waals surface area contributed by atoms with Crippen molar-refractivity contribution in [2.45, 2.75) is 77.9 Å². The van der Waals surface area contributed by atoms with Gasteiger partial charge in [-0.2, -0.15) is 0 Å². The highest BCUT2D eigenvalue weighted by Gasteiger charge is 2.33. The lowest BCUT2D eigenvalue weighted by molar-refractivity contribution is 0.701. The molecule has 1 nitrogen and oxygen atoms in total. The van der Waals surface area contributed by atoms with E-state index in [2.05, 4.69) is 121 Å². The summed E-state index contributed by atoms with van der Waals surface area (Å²) in [6.07, 6.45) is 3.95. The lowest BCUT2D eigenvalue weighted by Gasteiger charge is -2.42. The van der Waals surface area contributed by atoms with Crippen molar-refractivity contribution < 1.29 is 0 Å². The molecule has 2 aromatic carbocycles. The summed E-state index contributed by atoms with van der Waals surface area (Å²) in [6, 6.07) is 20.5. The number of nitrogens with one attached hydrogen (secondary N) is 1. The monoisotopic (exact) mass is 459 g/mol. The van der Waals surface area contributed by atoms with Crippen LogP contribution >= 0.6 is 15.8 Å². The highest BCUT2D eigenvalue weighted by atomic mass is 31.1. The van der Waals surface area contributed by atoms with Crippen LogP contribution in [-0.2, 0) is 0 Å². The Balaban J connectivity index is 2.25. The van der Waals surface area contributed by atoms with Gasteiger partial charge in [0, 0.05) is 5.69 Å². The second-order valence-electron chi connectivity index (χ2n) is 11.3. The minimum absolute atomic E-state index is 0.0324. The van der Waals surface area contributed by atoms with Gasteiger partial charge in [0.15, 0.2) is 0 Å². The molecule has 0 saturated carbocycles. The van der Waals surface area contributed by atoms with E-state index in [1.165, 1.54) is 35.0 Å². The molecule has 1 unspecified atom stereocenters. The SMILES string of the molecule is CC(C)(C)P(CCCP(c1ccccc1)c1cccc(N[Si](C)(C)C)c1)C(C)(C)C. The zero-order valence-electron chi connectivity index (χ0n) is 20.7.